The number of hydrogen-bond acceptors (Lipinski definition) is 6. The maximum Gasteiger partial charge on any atom is 1.00 e. The molecule has 0 radical (unpaired) electrons. The van der Waals surface area contributed by atoms with Crippen molar-refractivity contribution in [3.63, 3.8) is 0 Å². The van der Waals surface area contributed by atoms with Gasteiger partial charge in [0, 0.05) is 13.5 Å². The molecule has 0 aromatic heterocycles. The number of carbonyl (C=O) groups is 1. The standard InChI is InChI=1S/C18H30NO6P.2Na/c1-3-4-5-6-7-11-18(20)19-17(14-25-26(21,22)23)16-10-8-9-15(12-16)13-24-2;;/h8-10,12,17H,3-7,11,13-14H2,1-2H3,(H,19,20)(H2,21,22,23);;/q;2*+1/p-2. The predicted octanol–water partition coefficient (Wildman–Crippen LogP) is -3.80. The number of unbranched alkanes of at least 4 members (excludes halogenated alkanes) is 4. The van der Waals surface area contributed by atoms with Crippen molar-refractivity contribution >= 4 is 13.7 Å². The van der Waals surface area contributed by atoms with Crippen LogP contribution in [0.2, 0.25) is 0 Å². The average molecular weight is 431 g/mol. The number of amides is 1. The van der Waals surface area contributed by atoms with Crippen LogP contribution in [0.25, 0.3) is 0 Å². The van der Waals surface area contributed by atoms with Crippen molar-refractivity contribution in [1.29, 1.82) is 0 Å². The van der Waals surface area contributed by atoms with Gasteiger partial charge in [0.1, 0.15) is 0 Å². The van der Waals surface area contributed by atoms with Crippen molar-refractivity contribution in [3.05, 3.63) is 35.4 Å². The monoisotopic (exact) mass is 431 g/mol. The smallest absolute Gasteiger partial charge is 0.790 e. The van der Waals surface area contributed by atoms with Crippen molar-refractivity contribution < 1.29 is 87.5 Å². The maximum atomic E-state index is 12.2. The zero-order valence-electron chi connectivity index (χ0n) is 17.4. The molecule has 148 valence electrons. The summed E-state index contributed by atoms with van der Waals surface area (Å²) in [6.07, 6.45) is 5.46. The second kappa shape index (κ2) is 17.4. The Kier molecular flexibility index (Phi) is 19.3. The Balaban J connectivity index is 0. The summed E-state index contributed by atoms with van der Waals surface area (Å²) >= 11 is 0. The fourth-order valence-corrected chi connectivity index (χ4v) is 2.94. The fourth-order valence-electron chi connectivity index (χ4n) is 2.61. The van der Waals surface area contributed by atoms with Gasteiger partial charge < -0.3 is 28.9 Å². The van der Waals surface area contributed by atoms with Crippen molar-refractivity contribution in [2.75, 3.05) is 13.7 Å². The van der Waals surface area contributed by atoms with E-state index in [2.05, 4.69) is 16.8 Å². The molecule has 0 fully saturated rings. The molecule has 1 aromatic rings. The Morgan fingerprint density at radius 1 is 1.18 bits per heavy atom. The number of rotatable bonds is 13. The van der Waals surface area contributed by atoms with E-state index in [1.165, 1.54) is 0 Å². The van der Waals surface area contributed by atoms with Gasteiger partial charge in [0.05, 0.1) is 27.1 Å². The Bertz CT molecular complexity index is 599. The zero-order valence-corrected chi connectivity index (χ0v) is 22.3. The quantitative estimate of drug-likeness (QED) is 0.195. The van der Waals surface area contributed by atoms with Gasteiger partial charge in [-0.15, -0.1) is 0 Å². The Hall–Kier alpha value is 0.760. The molecule has 10 heteroatoms. The van der Waals surface area contributed by atoms with E-state index in [1.54, 1.807) is 25.3 Å². The minimum Gasteiger partial charge on any atom is -0.790 e. The summed E-state index contributed by atoms with van der Waals surface area (Å²) < 4.78 is 20.3. The summed E-state index contributed by atoms with van der Waals surface area (Å²) in [7, 11) is -3.55. The zero-order chi connectivity index (χ0) is 19.4. The van der Waals surface area contributed by atoms with Gasteiger partial charge in [-0.05, 0) is 17.5 Å². The third-order valence-corrected chi connectivity index (χ3v) is 4.37. The molecule has 0 spiro atoms. The van der Waals surface area contributed by atoms with Gasteiger partial charge in [-0.3, -0.25) is 4.79 Å². The van der Waals surface area contributed by atoms with Gasteiger partial charge in [0.2, 0.25) is 5.91 Å². The van der Waals surface area contributed by atoms with E-state index in [9.17, 15) is 19.1 Å². The molecule has 28 heavy (non-hydrogen) atoms. The van der Waals surface area contributed by atoms with Gasteiger partial charge in [0.25, 0.3) is 0 Å². The summed E-state index contributed by atoms with van der Waals surface area (Å²) in [6, 6.07) is 6.45. The average Bonchev–Trinajstić information content (AvgIpc) is 2.58. The van der Waals surface area contributed by atoms with Crippen LogP contribution in [0.5, 0.6) is 0 Å². The molecule has 1 N–H and O–H groups in total. The molecule has 0 saturated carbocycles. The van der Waals surface area contributed by atoms with E-state index in [0.717, 1.165) is 37.7 Å². The Morgan fingerprint density at radius 3 is 2.46 bits per heavy atom. The minimum atomic E-state index is -5.12. The molecule has 1 unspecified atom stereocenters. The van der Waals surface area contributed by atoms with Crippen molar-refractivity contribution in [1.82, 2.24) is 5.32 Å². The number of nitrogens with one attached hydrogen (secondary N) is 1. The molecule has 7 nitrogen and oxygen atoms in total. The van der Waals surface area contributed by atoms with Crippen LogP contribution in [0.3, 0.4) is 0 Å². The number of hydrogen-bond donors (Lipinski definition) is 1. The van der Waals surface area contributed by atoms with E-state index < -0.39 is 20.5 Å². The third-order valence-electron chi connectivity index (χ3n) is 3.91. The van der Waals surface area contributed by atoms with Crippen LogP contribution >= 0.6 is 7.82 Å². The molecule has 0 aliphatic rings. The van der Waals surface area contributed by atoms with E-state index in [1.807, 2.05) is 6.07 Å². The molecule has 0 bridgehead atoms. The van der Waals surface area contributed by atoms with Crippen LogP contribution in [-0.2, 0) is 25.2 Å². The maximum absolute atomic E-state index is 12.2. The number of carbonyl (C=O) groups excluding carboxylic acids is 1. The molecule has 1 rings (SSSR count). The van der Waals surface area contributed by atoms with Gasteiger partial charge in [-0.1, -0.05) is 56.9 Å². The van der Waals surface area contributed by atoms with Crippen LogP contribution in [0.1, 0.15) is 62.6 Å². The van der Waals surface area contributed by atoms with Gasteiger partial charge in [0.15, 0.2) is 0 Å². The summed E-state index contributed by atoms with van der Waals surface area (Å²) in [4.78, 5) is 33.8. The first kappa shape index (κ1) is 30.9. The van der Waals surface area contributed by atoms with Crippen molar-refractivity contribution in [3.8, 4) is 0 Å². The topological polar surface area (TPSA) is 111 Å². The fraction of sp³-hybridized carbons (Fsp3) is 0.611. The van der Waals surface area contributed by atoms with Crippen LogP contribution in [-0.4, -0.2) is 19.6 Å². The number of methoxy groups -OCH3 is 1. The van der Waals surface area contributed by atoms with Gasteiger partial charge in [-0.25, -0.2) is 0 Å². The molecule has 0 heterocycles. The summed E-state index contributed by atoms with van der Waals surface area (Å²) in [5.41, 5.74) is 1.53. The van der Waals surface area contributed by atoms with E-state index >= 15 is 0 Å². The van der Waals surface area contributed by atoms with E-state index in [0.29, 0.717) is 18.6 Å². The predicted molar refractivity (Wildman–Crippen MR) is 95.0 cm³/mol. The van der Waals surface area contributed by atoms with Crippen molar-refractivity contribution in [2.24, 2.45) is 0 Å². The summed E-state index contributed by atoms with van der Waals surface area (Å²) in [5.74, 6) is -0.195. The molecule has 1 aromatic carbocycles. The summed E-state index contributed by atoms with van der Waals surface area (Å²) in [5, 5.41) is 2.76. The van der Waals surface area contributed by atoms with Crippen LogP contribution in [0, 0.1) is 0 Å². The van der Waals surface area contributed by atoms with Gasteiger partial charge >= 0.3 is 59.1 Å². The largest absolute Gasteiger partial charge is 1.00 e. The molecule has 0 aliphatic heterocycles. The number of phosphoric acid groups is 1. The molecule has 0 saturated heterocycles. The number of benzene rings is 1. The Labute approximate surface area is 212 Å². The first-order valence-corrected chi connectivity index (χ1v) is 10.4. The van der Waals surface area contributed by atoms with E-state index in [-0.39, 0.29) is 65.0 Å². The van der Waals surface area contributed by atoms with E-state index in [4.69, 9.17) is 4.74 Å². The molecule has 1 amide bonds. The molecule has 1 atom stereocenters. The van der Waals surface area contributed by atoms with Crippen LogP contribution < -0.4 is 74.2 Å². The normalized spacial score (nSPS) is 11.9. The second-order valence-electron chi connectivity index (χ2n) is 6.21. The van der Waals surface area contributed by atoms with Crippen LogP contribution in [0.4, 0.5) is 0 Å². The van der Waals surface area contributed by atoms with Gasteiger partial charge in [-0.2, -0.15) is 0 Å². The van der Waals surface area contributed by atoms with Crippen LogP contribution in [0.15, 0.2) is 24.3 Å². The Morgan fingerprint density at radius 2 is 1.86 bits per heavy atom. The molecular formula is C18H28NNa2O6P. The summed E-state index contributed by atoms with van der Waals surface area (Å²) in [6.45, 7) is 2.08. The number of ether oxygens (including phenoxy) is 1. The third kappa shape index (κ3) is 14.7. The SMILES string of the molecule is CCCCCCCC(=O)NC(COP(=O)([O-])[O-])c1cccc(COC)c1.[Na+].[Na+]. The number of phosphoric ester groups is 1. The first-order chi connectivity index (χ1) is 12.4. The molecule has 0 aliphatic carbocycles. The minimum absolute atomic E-state index is 0. The second-order valence-corrected chi connectivity index (χ2v) is 7.36. The van der Waals surface area contributed by atoms with Crippen molar-refractivity contribution in [2.45, 2.75) is 58.1 Å². The molecular weight excluding hydrogens is 403 g/mol. The first-order valence-electron chi connectivity index (χ1n) is 8.89.